The average Bonchev–Trinajstić information content (AvgIpc) is 2.68. The number of nitrogens with zero attached hydrogens (tertiary/aromatic N) is 2. The van der Waals surface area contributed by atoms with Crippen LogP contribution in [0.4, 0.5) is 4.39 Å². The zero-order valence-electron chi connectivity index (χ0n) is 18.4. The van der Waals surface area contributed by atoms with Crippen molar-refractivity contribution in [2.45, 2.75) is 59.4 Å². The highest BCUT2D eigenvalue weighted by Crippen LogP contribution is 2.42. The van der Waals surface area contributed by atoms with Crippen molar-refractivity contribution in [2.75, 3.05) is 26.2 Å². The maximum atomic E-state index is 13.4. The fraction of sp³-hybridized carbons (Fsp3) is 0.667. The van der Waals surface area contributed by atoms with Crippen LogP contribution in [0.25, 0.3) is 0 Å². The minimum atomic E-state index is -0.202. The summed E-state index contributed by atoms with van der Waals surface area (Å²) in [6.45, 7) is 11.7. The first kappa shape index (κ1) is 21.9. The molecule has 1 aliphatic carbocycles. The van der Waals surface area contributed by atoms with Crippen LogP contribution in [0.5, 0.6) is 0 Å². The van der Waals surface area contributed by atoms with Gasteiger partial charge in [0.1, 0.15) is 5.83 Å². The van der Waals surface area contributed by atoms with E-state index in [1.807, 2.05) is 11.0 Å². The number of hydrogen-bond donors (Lipinski definition) is 1. The van der Waals surface area contributed by atoms with E-state index in [0.29, 0.717) is 18.9 Å². The van der Waals surface area contributed by atoms with Crippen molar-refractivity contribution in [2.24, 2.45) is 22.2 Å². The van der Waals surface area contributed by atoms with E-state index in [2.05, 4.69) is 50.2 Å². The Morgan fingerprint density at radius 3 is 2.72 bits per heavy atom. The largest absolute Gasteiger partial charge is 0.341 e. The van der Waals surface area contributed by atoms with E-state index < -0.39 is 0 Å². The van der Waals surface area contributed by atoms with Crippen LogP contribution < -0.4 is 5.32 Å². The number of aliphatic imine (C=N–C) groups is 1. The molecule has 3 rings (SSSR count). The normalized spacial score (nSPS) is 25.4. The van der Waals surface area contributed by atoms with E-state index in [4.69, 9.17) is 0 Å². The van der Waals surface area contributed by atoms with Crippen molar-refractivity contribution >= 4 is 11.6 Å². The molecule has 4 nitrogen and oxygen atoms in total. The number of rotatable bonds is 6. The molecule has 2 aliphatic heterocycles. The Hall–Kier alpha value is -1.75. The Morgan fingerprint density at radius 1 is 1.34 bits per heavy atom. The molecular weight excluding hydrogens is 365 g/mol. The van der Waals surface area contributed by atoms with Gasteiger partial charge in [0.15, 0.2) is 0 Å². The Kier molecular flexibility index (Phi) is 7.10. The van der Waals surface area contributed by atoms with E-state index >= 15 is 0 Å². The van der Waals surface area contributed by atoms with E-state index in [9.17, 15) is 9.18 Å². The predicted octanol–water partition coefficient (Wildman–Crippen LogP) is 4.45. The maximum Gasteiger partial charge on any atom is 0.239 e. The molecule has 5 heteroatoms. The summed E-state index contributed by atoms with van der Waals surface area (Å²) in [6, 6.07) is -0.202. The number of likely N-dealkylation sites (tertiary alicyclic amines) is 1. The third kappa shape index (κ3) is 5.44. The Labute approximate surface area is 175 Å². The van der Waals surface area contributed by atoms with Gasteiger partial charge in [0.05, 0.1) is 6.04 Å². The number of piperidine rings is 1. The summed E-state index contributed by atoms with van der Waals surface area (Å²) in [4.78, 5) is 19.9. The van der Waals surface area contributed by atoms with Crippen LogP contribution in [0.2, 0.25) is 0 Å². The molecule has 1 N–H and O–H groups in total. The Bertz CT molecular complexity index is 732. The lowest BCUT2D eigenvalue weighted by Gasteiger charge is -2.46. The first-order valence-corrected chi connectivity index (χ1v) is 11.0. The van der Waals surface area contributed by atoms with Crippen LogP contribution >= 0.6 is 0 Å². The fourth-order valence-corrected chi connectivity index (χ4v) is 4.84. The van der Waals surface area contributed by atoms with Crippen LogP contribution in [0, 0.1) is 17.3 Å². The first-order valence-electron chi connectivity index (χ1n) is 11.0. The van der Waals surface area contributed by atoms with Crippen LogP contribution in [0.15, 0.2) is 40.7 Å². The molecule has 0 spiro atoms. The van der Waals surface area contributed by atoms with Gasteiger partial charge in [0.25, 0.3) is 0 Å². The SMILES string of the molecule is CC(C)[C@@H](NCC1=NCCC=C1)C(=O)N1CCC(C2=CC=C(F)CC2)C(C)(C)C1. The predicted molar refractivity (Wildman–Crippen MR) is 118 cm³/mol. The Morgan fingerprint density at radius 2 is 2.14 bits per heavy atom. The summed E-state index contributed by atoms with van der Waals surface area (Å²) >= 11 is 0. The van der Waals surface area contributed by atoms with Gasteiger partial charge in [-0.2, -0.15) is 0 Å². The van der Waals surface area contributed by atoms with Crippen molar-refractivity contribution < 1.29 is 9.18 Å². The summed E-state index contributed by atoms with van der Waals surface area (Å²) in [5.41, 5.74) is 2.35. The molecule has 1 unspecified atom stereocenters. The summed E-state index contributed by atoms with van der Waals surface area (Å²) in [7, 11) is 0. The lowest BCUT2D eigenvalue weighted by atomic mass is 9.68. The Balaban J connectivity index is 1.64. The van der Waals surface area contributed by atoms with Crippen LogP contribution in [0.1, 0.15) is 53.4 Å². The van der Waals surface area contributed by atoms with Crippen molar-refractivity contribution in [3.63, 3.8) is 0 Å². The van der Waals surface area contributed by atoms with Crippen molar-refractivity contribution in [1.82, 2.24) is 10.2 Å². The molecule has 3 aliphatic rings. The number of nitrogens with one attached hydrogen (secondary N) is 1. The monoisotopic (exact) mass is 401 g/mol. The standard InChI is InChI=1S/C24H36FN3O/c1-17(2)22(27-15-20-7-5-6-13-26-20)23(29)28-14-12-21(24(3,4)16-28)18-8-10-19(25)11-9-18/h5,7-8,10,17,21-22,27H,6,9,11-16H2,1-4H3/t21?,22-/m1/s1. The molecule has 0 aromatic rings. The highest BCUT2D eigenvalue weighted by molar-refractivity contribution is 5.97. The minimum Gasteiger partial charge on any atom is -0.341 e. The second-order valence-corrected chi connectivity index (χ2v) is 9.61. The van der Waals surface area contributed by atoms with Gasteiger partial charge in [-0.05, 0) is 48.7 Å². The van der Waals surface area contributed by atoms with Crippen molar-refractivity contribution in [1.29, 1.82) is 0 Å². The lowest BCUT2D eigenvalue weighted by molar-refractivity contribution is -0.138. The molecular formula is C24H36FN3O. The van der Waals surface area contributed by atoms with E-state index in [0.717, 1.165) is 44.6 Å². The molecule has 1 amide bonds. The average molecular weight is 402 g/mol. The highest BCUT2D eigenvalue weighted by Gasteiger charge is 2.41. The number of allylic oxidation sites excluding steroid dienone is 4. The van der Waals surface area contributed by atoms with Crippen molar-refractivity contribution in [3.05, 3.63) is 35.7 Å². The quantitative estimate of drug-likeness (QED) is 0.715. The highest BCUT2D eigenvalue weighted by atomic mass is 19.1. The topological polar surface area (TPSA) is 44.7 Å². The molecule has 2 heterocycles. The summed E-state index contributed by atoms with van der Waals surface area (Å²) in [6.07, 6.45) is 11.0. The van der Waals surface area contributed by atoms with Gasteiger partial charge in [-0.15, -0.1) is 0 Å². The molecule has 0 saturated carbocycles. The summed E-state index contributed by atoms with van der Waals surface area (Å²) in [5.74, 6) is 0.784. The van der Waals surface area contributed by atoms with Crippen molar-refractivity contribution in [3.8, 4) is 0 Å². The maximum absolute atomic E-state index is 13.4. The third-order valence-corrected chi connectivity index (χ3v) is 6.48. The number of hydrogen-bond acceptors (Lipinski definition) is 3. The van der Waals surface area contributed by atoms with Gasteiger partial charge in [-0.3, -0.25) is 15.1 Å². The molecule has 1 fully saturated rings. The number of carbonyl (C=O) groups is 1. The molecule has 0 radical (unpaired) electrons. The third-order valence-electron chi connectivity index (χ3n) is 6.48. The molecule has 2 atom stereocenters. The second kappa shape index (κ2) is 9.38. The van der Waals surface area contributed by atoms with Gasteiger partial charge in [0.2, 0.25) is 5.91 Å². The molecule has 1 saturated heterocycles. The smallest absolute Gasteiger partial charge is 0.239 e. The van der Waals surface area contributed by atoms with E-state index in [-0.39, 0.29) is 29.1 Å². The van der Waals surface area contributed by atoms with E-state index in [1.165, 1.54) is 5.57 Å². The van der Waals surface area contributed by atoms with Gasteiger partial charge in [0, 0.05) is 38.3 Å². The first-order chi connectivity index (χ1) is 13.8. The molecule has 29 heavy (non-hydrogen) atoms. The molecule has 0 bridgehead atoms. The number of carbonyl (C=O) groups excluding carboxylic acids is 1. The lowest BCUT2D eigenvalue weighted by Crippen LogP contribution is -2.56. The van der Waals surface area contributed by atoms with Crippen LogP contribution in [0.3, 0.4) is 0 Å². The zero-order chi connectivity index (χ0) is 21.0. The molecule has 160 valence electrons. The second-order valence-electron chi connectivity index (χ2n) is 9.61. The summed E-state index contributed by atoms with van der Waals surface area (Å²) < 4.78 is 13.4. The fourth-order valence-electron chi connectivity index (χ4n) is 4.84. The van der Waals surface area contributed by atoms with Crippen LogP contribution in [-0.2, 0) is 4.79 Å². The molecule has 0 aromatic carbocycles. The number of amides is 1. The minimum absolute atomic E-state index is 0.0148. The van der Waals surface area contributed by atoms with Gasteiger partial charge < -0.3 is 4.90 Å². The molecule has 0 aromatic heterocycles. The van der Waals surface area contributed by atoms with Crippen LogP contribution in [-0.4, -0.2) is 48.7 Å². The van der Waals surface area contributed by atoms with Gasteiger partial charge >= 0.3 is 0 Å². The number of halogens is 1. The number of dihydropyridines is 1. The summed E-state index contributed by atoms with van der Waals surface area (Å²) in [5, 5.41) is 3.46. The zero-order valence-corrected chi connectivity index (χ0v) is 18.4. The van der Waals surface area contributed by atoms with Gasteiger partial charge in [-0.1, -0.05) is 45.4 Å². The van der Waals surface area contributed by atoms with Gasteiger partial charge in [-0.25, -0.2) is 4.39 Å². The van der Waals surface area contributed by atoms with E-state index in [1.54, 1.807) is 6.08 Å².